The summed E-state index contributed by atoms with van der Waals surface area (Å²) in [5.74, 6) is 0.251. The number of rotatable bonds is 2. The second-order valence-electron chi connectivity index (χ2n) is 6.78. The van der Waals surface area contributed by atoms with Crippen LogP contribution in [-0.4, -0.2) is 33.4 Å². The summed E-state index contributed by atoms with van der Waals surface area (Å²) in [5, 5.41) is 7.06. The third-order valence-corrected chi connectivity index (χ3v) is 4.78. The minimum absolute atomic E-state index is 0.0554. The van der Waals surface area contributed by atoms with Crippen molar-refractivity contribution in [1.82, 2.24) is 20.6 Å². The van der Waals surface area contributed by atoms with Gasteiger partial charge in [0.1, 0.15) is 12.0 Å². The van der Waals surface area contributed by atoms with Crippen molar-refractivity contribution in [2.24, 2.45) is 4.99 Å². The average Bonchev–Trinajstić information content (AvgIpc) is 3.25. The maximum Gasteiger partial charge on any atom is 0.418 e. The smallest absolute Gasteiger partial charge is 0.277 e. The number of fused-ring (bicyclic) bond motifs is 2. The summed E-state index contributed by atoms with van der Waals surface area (Å²) in [7, 11) is 0. The molecule has 2 N–H and O–H groups in total. The molecule has 1 atom stereocenters. The van der Waals surface area contributed by atoms with E-state index in [9.17, 15) is 26.3 Å². The summed E-state index contributed by atoms with van der Waals surface area (Å²) in [4.78, 5) is 4.35. The highest BCUT2D eigenvalue weighted by Crippen LogP contribution is 2.43. The van der Waals surface area contributed by atoms with Crippen LogP contribution in [0.1, 0.15) is 31.4 Å². The zero-order valence-corrected chi connectivity index (χ0v) is 15.2. The number of aliphatic imine (C=N–C) groups is 1. The number of benzene rings is 1. The average molecular weight is 415 g/mol. The summed E-state index contributed by atoms with van der Waals surface area (Å²) in [6, 6.07) is 1.96. The molecule has 1 unspecified atom stereocenters. The second kappa shape index (κ2) is 6.34. The number of hydrogen-bond acceptors (Lipinski definition) is 4. The molecule has 2 aliphatic rings. The molecule has 0 spiro atoms. The van der Waals surface area contributed by atoms with Gasteiger partial charge < -0.3 is 0 Å². The molecule has 0 fully saturated rings. The molecule has 0 saturated carbocycles. The van der Waals surface area contributed by atoms with Gasteiger partial charge in [-0.3, -0.25) is 10.1 Å². The molecule has 4 rings (SSSR count). The number of hydrazine groups is 1. The van der Waals surface area contributed by atoms with Crippen LogP contribution in [0, 0.1) is 0 Å². The minimum Gasteiger partial charge on any atom is -0.277 e. The first kappa shape index (κ1) is 19.5. The monoisotopic (exact) mass is 415 g/mol. The highest BCUT2D eigenvalue weighted by Gasteiger charge is 2.43. The first-order chi connectivity index (χ1) is 13.5. The molecule has 3 heterocycles. The standard InChI is InChI=1S/C18H15F6N5/c1-3-13-26-16-8(2)4-12(18(22,23)24)15(29(16)28-13)9-5-10-7-25-27-14(10)11(6-9)17(19,20)21/h4-7,13,28H,3H2,1-2H3,(H,25,27). The highest BCUT2D eigenvalue weighted by molar-refractivity contribution is 6.07. The number of nitrogens with one attached hydrogen (secondary N) is 2. The van der Waals surface area contributed by atoms with Crippen molar-refractivity contribution in [3.05, 3.63) is 46.7 Å². The van der Waals surface area contributed by atoms with E-state index in [2.05, 4.69) is 20.6 Å². The maximum absolute atomic E-state index is 13.8. The fourth-order valence-electron chi connectivity index (χ4n) is 3.46. The van der Waals surface area contributed by atoms with Crippen LogP contribution in [-0.2, 0) is 6.18 Å². The van der Waals surface area contributed by atoms with Gasteiger partial charge in [-0.15, -0.1) is 0 Å². The number of amidine groups is 1. The number of alkyl halides is 6. The van der Waals surface area contributed by atoms with Crippen LogP contribution in [0.3, 0.4) is 0 Å². The van der Waals surface area contributed by atoms with Gasteiger partial charge in [0.05, 0.1) is 28.5 Å². The van der Waals surface area contributed by atoms with Gasteiger partial charge in [0, 0.05) is 10.9 Å². The molecule has 2 aliphatic heterocycles. The summed E-state index contributed by atoms with van der Waals surface area (Å²) < 4.78 is 82.2. The number of aromatic nitrogens is 2. The van der Waals surface area contributed by atoms with Crippen molar-refractivity contribution in [2.75, 3.05) is 0 Å². The molecule has 0 radical (unpaired) electrons. The molecule has 0 bridgehead atoms. The number of aromatic amines is 1. The molecule has 154 valence electrons. The summed E-state index contributed by atoms with van der Waals surface area (Å²) in [6.45, 7) is 3.28. The first-order valence-corrected chi connectivity index (χ1v) is 8.69. The van der Waals surface area contributed by atoms with E-state index < -0.39 is 35.4 Å². The SMILES string of the molecule is CCC1N=C2C(C)=CC(C(F)(F)F)=C(c3cc(C(F)(F)F)c4[nH]ncc4c3)N2N1. The Hall–Kier alpha value is -2.82. The number of allylic oxidation sites excluding steroid dienone is 2. The molecule has 1 aromatic heterocycles. The third kappa shape index (κ3) is 3.18. The van der Waals surface area contributed by atoms with E-state index in [1.54, 1.807) is 6.92 Å². The lowest BCUT2D eigenvalue weighted by Gasteiger charge is -2.31. The lowest BCUT2D eigenvalue weighted by molar-refractivity contribution is -0.136. The van der Waals surface area contributed by atoms with E-state index >= 15 is 0 Å². The van der Waals surface area contributed by atoms with E-state index in [1.165, 1.54) is 13.0 Å². The Morgan fingerprint density at radius 2 is 1.83 bits per heavy atom. The van der Waals surface area contributed by atoms with Gasteiger partial charge in [-0.1, -0.05) is 6.92 Å². The van der Waals surface area contributed by atoms with Crippen LogP contribution in [0.4, 0.5) is 26.3 Å². The van der Waals surface area contributed by atoms with E-state index in [0.717, 1.165) is 17.3 Å². The van der Waals surface area contributed by atoms with E-state index in [0.29, 0.717) is 12.5 Å². The molecule has 0 aliphatic carbocycles. The Balaban J connectivity index is 2.01. The summed E-state index contributed by atoms with van der Waals surface area (Å²) in [5.41, 5.74) is 0.0351. The van der Waals surface area contributed by atoms with Gasteiger partial charge in [0.15, 0.2) is 0 Å². The van der Waals surface area contributed by atoms with Crippen LogP contribution in [0.15, 0.2) is 40.5 Å². The Bertz CT molecular complexity index is 1070. The zero-order chi connectivity index (χ0) is 21.1. The lowest BCUT2D eigenvalue weighted by Crippen LogP contribution is -2.42. The van der Waals surface area contributed by atoms with Crippen LogP contribution in [0.5, 0.6) is 0 Å². The van der Waals surface area contributed by atoms with Crippen LogP contribution >= 0.6 is 0 Å². The van der Waals surface area contributed by atoms with Crippen molar-refractivity contribution >= 4 is 22.4 Å². The second-order valence-corrected chi connectivity index (χ2v) is 6.78. The van der Waals surface area contributed by atoms with Gasteiger partial charge in [-0.05, 0) is 37.1 Å². The summed E-state index contributed by atoms with van der Waals surface area (Å²) >= 11 is 0. The summed E-state index contributed by atoms with van der Waals surface area (Å²) in [6.07, 6.45) is -7.48. The third-order valence-electron chi connectivity index (χ3n) is 4.78. The Morgan fingerprint density at radius 3 is 2.45 bits per heavy atom. The normalized spacial score (nSPS) is 20.3. The Kier molecular flexibility index (Phi) is 4.26. The van der Waals surface area contributed by atoms with Crippen LogP contribution in [0.2, 0.25) is 0 Å². The molecule has 5 nitrogen and oxygen atoms in total. The lowest BCUT2D eigenvalue weighted by atomic mass is 9.96. The van der Waals surface area contributed by atoms with E-state index in [4.69, 9.17) is 0 Å². The molecule has 1 aromatic carbocycles. The van der Waals surface area contributed by atoms with Crippen LogP contribution < -0.4 is 5.43 Å². The quantitative estimate of drug-likeness (QED) is 0.695. The largest absolute Gasteiger partial charge is 0.418 e. The zero-order valence-electron chi connectivity index (χ0n) is 15.2. The van der Waals surface area contributed by atoms with E-state index in [-0.39, 0.29) is 27.9 Å². The van der Waals surface area contributed by atoms with Gasteiger partial charge in [0.2, 0.25) is 0 Å². The molecule has 29 heavy (non-hydrogen) atoms. The first-order valence-electron chi connectivity index (χ1n) is 8.69. The number of H-pyrrole nitrogens is 1. The molecule has 2 aromatic rings. The van der Waals surface area contributed by atoms with Gasteiger partial charge in [-0.2, -0.15) is 31.4 Å². The maximum atomic E-state index is 13.8. The van der Waals surface area contributed by atoms with Crippen molar-refractivity contribution in [3.8, 4) is 0 Å². The fourth-order valence-corrected chi connectivity index (χ4v) is 3.46. The Morgan fingerprint density at radius 1 is 1.10 bits per heavy atom. The molecular formula is C18H15F6N5. The Labute approximate surface area is 160 Å². The molecule has 0 amide bonds. The van der Waals surface area contributed by atoms with Crippen molar-refractivity contribution in [1.29, 1.82) is 0 Å². The van der Waals surface area contributed by atoms with Gasteiger partial charge in [0.25, 0.3) is 0 Å². The number of halogens is 6. The fraction of sp³-hybridized carbons (Fsp3) is 0.333. The van der Waals surface area contributed by atoms with Crippen molar-refractivity contribution in [2.45, 2.75) is 38.8 Å². The highest BCUT2D eigenvalue weighted by atomic mass is 19.4. The van der Waals surface area contributed by atoms with Gasteiger partial charge in [-0.25, -0.2) is 10.4 Å². The van der Waals surface area contributed by atoms with E-state index in [1.807, 2.05) is 0 Å². The van der Waals surface area contributed by atoms with Crippen molar-refractivity contribution < 1.29 is 26.3 Å². The molecular weight excluding hydrogens is 400 g/mol. The minimum atomic E-state index is -4.78. The van der Waals surface area contributed by atoms with Crippen LogP contribution in [0.25, 0.3) is 16.6 Å². The predicted molar refractivity (Wildman–Crippen MR) is 94.3 cm³/mol. The number of nitrogens with zero attached hydrogens (tertiary/aromatic N) is 3. The number of hydrogen-bond donors (Lipinski definition) is 2. The van der Waals surface area contributed by atoms with Gasteiger partial charge >= 0.3 is 12.4 Å². The molecule has 11 heteroatoms. The topological polar surface area (TPSA) is 56.3 Å². The molecule has 0 saturated heterocycles. The predicted octanol–water partition coefficient (Wildman–Crippen LogP) is 4.77. The van der Waals surface area contributed by atoms with Crippen molar-refractivity contribution in [3.63, 3.8) is 0 Å².